The van der Waals surface area contributed by atoms with Gasteiger partial charge in [0.15, 0.2) is 5.96 Å². The predicted octanol–water partition coefficient (Wildman–Crippen LogP) is 0.747. The number of aliphatic imine (C=N–C) groups is 1. The smallest absolute Gasteiger partial charge is 0.191 e. The first kappa shape index (κ1) is 14.2. The topological polar surface area (TPSA) is 48.1 Å². The van der Waals surface area contributed by atoms with Crippen molar-refractivity contribution < 1.29 is 0 Å². The number of guanidine groups is 1. The zero-order valence-corrected chi connectivity index (χ0v) is 12.8. The molecule has 2 aliphatic heterocycles. The van der Waals surface area contributed by atoms with E-state index in [1.165, 1.54) is 11.3 Å². The van der Waals surface area contributed by atoms with Crippen LogP contribution >= 0.6 is 0 Å². The molecule has 3 rings (SSSR count). The average Bonchev–Trinajstić information content (AvgIpc) is 2.92. The summed E-state index contributed by atoms with van der Waals surface area (Å²) < 4.78 is 0. The van der Waals surface area contributed by atoms with Crippen LogP contribution in [-0.4, -0.2) is 68.1 Å². The minimum absolute atomic E-state index is 0.716. The molecule has 0 aromatic heterocycles. The van der Waals surface area contributed by atoms with Crippen molar-refractivity contribution in [2.75, 3.05) is 57.3 Å². The fraction of sp³-hybridized carbons (Fsp3) is 0.562. The molecule has 5 nitrogen and oxygen atoms in total. The number of hydrogen-bond donors (Lipinski definition) is 1. The molecule has 1 aromatic rings. The Bertz CT molecular complexity index is 488. The van der Waals surface area contributed by atoms with Gasteiger partial charge in [-0.15, -0.1) is 0 Å². The number of rotatable bonds is 4. The Labute approximate surface area is 127 Å². The second-order valence-corrected chi connectivity index (χ2v) is 5.89. The highest BCUT2D eigenvalue weighted by atomic mass is 15.3. The fourth-order valence-corrected chi connectivity index (χ4v) is 2.97. The van der Waals surface area contributed by atoms with Crippen LogP contribution in [0.5, 0.6) is 0 Å². The van der Waals surface area contributed by atoms with Gasteiger partial charge in [-0.3, -0.25) is 9.89 Å². The molecule has 0 aliphatic carbocycles. The van der Waals surface area contributed by atoms with Crippen molar-refractivity contribution in [3.8, 4) is 0 Å². The molecule has 2 heterocycles. The second kappa shape index (κ2) is 6.35. The van der Waals surface area contributed by atoms with Crippen molar-refractivity contribution in [2.24, 2.45) is 10.7 Å². The van der Waals surface area contributed by atoms with E-state index in [2.05, 4.69) is 50.9 Å². The molecule has 1 fully saturated rings. The van der Waals surface area contributed by atoms with Crippen molar-refractivity contribution in [1.82, 2.24) is 9.80 Å². The maximum absolute atomic E-state index is 5.85. The molecular weight excluding hydrogens is 262 g/mol. The maximum atomic E-state index is 5.85. The largest absolute Gasteiger partial charge is 0.370 e. The number of benzene rings is 1. The standard InChI is InChI=1S/C16H25N5/c1-14-2-4-15(5-3-14)20-11-8-19(9-12-20)10-13-21-7-6-18-16(21)17/h2-5H,6-13H2,1H3,(H2,17,18). The van der Waals surface area contributed by atoms with Crippen molar-refractivity contribution >= 4 is 11.6 Å². The molecule has 2 N–H and O–H groups in total. The van der Waals surface area contributed by atoms with Gasteiger partial charge in [-0.05, 0) is 19.1 Å². The third-order valence-corrected chi connectivity index (χ3v) is 4.43. The Morgan fingerprint density at radius 3 is 2.33 bits per heavy atom. The molecular formula is C16H25N5. The van der Waals surface area contributed by atoms with Gasteiger partial charge in [0.25, 0.3) is 0 Å². The van der Waals surface area contributed by atoms with Crippen LogP contribution in [0.4, 0.5) is 5.69 Å². The van der Waals surface area contributed by atoms with Crippen LogP contribution in [0.25, 0.3) is 0 Å². The Morgan fingerprint density at radius 2 is 1.71 bits per heavy atom. The van der Waals surface area contributed by atoms with E-state index in [0.717, 1.165) is 52.4 Å². The van der Waals surface area contributed by atoms with E-state index in [4.69, 9.17) is 5.73 Å². The van der Waals surface area contributed by atoms with Crippen molar-refractivity contribution in [3.05, 3.63) is 29.8 Å². The monoisotopic (exact) mass is 287 g/mol. The van der Waals surface area contributed by atoms with Crippen LogP contribution in [-0.2, 0) is 0 Å². The maximum Gasteiger partial charge on any atom is 0.191 e. The Kier molecular flexibility index (Phi) is 4.29. The van der Waals surface area contributed by atoms with Crippen LogP contribution in [0.1, 0.15) is 5.56 Å². The van der Waals surface area contributed by atoms with Gasteiger partial charge in [0.2, 0.25) is 0 Å². The lowest BCUT2D eigenvalue weighted by atomic mass is 10.2. The van der Waals surface area contributed by atoms with Gasteiger partial charge >= 0.3 is 0 Å². The molecule has 5 heteroatoms. The van der Waals surface area contributed by atoms with Gasteiger partial charge in [0.05, 0.1) is 6.54 Å². The van der Waals surface area contributed by atoms with Crippen LogP contribution in [0.15, 0.2) is 29.3 Å². The number of aryl methyl sites for hydroxylation is 1. The van der Waals surface area contributed by atoms with Crippen LogP contribution in [0.3, 0.4) is 0 Å². The van der Waals surface area contributed by atoms with E-state index in [1.807, 2.05) is 0 Å². The van der Waals surface area contributed by atoms with E-state index in [-0.39, 0.29) is 0 Å². The summed E-state index contributed by atoms with van der Waals surface area (Å²) in [5, 5.41) is 0. The lowest BCUT2D eigenvalue weighted by molar-refractivity contribution is 0.237. The number of nitrogens with two attached hydrogens (primary N) is 1. The summed E-state index contributed by atoms with van der Waals surface area (Å²) >= 11 is 0. The van der Waals surface area contributed by atoms with E-state index in [0.29, 0.717) is 5.96 Å². The lowest BCUT2D eigenvalue weighted by Gasteiger charge is -2.36. The Balaban J connectivity index is 1.44. The van der Waals surface area contributed by atoms with Gasteiger partial charge in [-0.2, -0.15) is 0 Å². The summed E-state index contributed by atoms with van der Waals surface area (Å²) in [7, 11) is 0. The zero-order valence-electron chi connectivity index (χ0n) is 12.8. The number of anilines is 1. The number of piperazine rings is 1. The second-order valence-electron chi connectivity index (χ2n) is 5.89. The highest BCUT2D eigenvalue weighted by molar-refractivity contribution is 5.79. The molecule has 0 radical (unpaired) electrons. The molecule has 0 saturated carbocycles. The number of hydrogen-bond acceptors (Lipinski definition) is 5. The van der Waals surface area contributed by atoms with Crippen LogP contribution < -0.4 is 10.6 Å². The normalized spacial score (nSPS) is 20.0. The summed E-state index contributed by atoms with van der Waals surface area (Å²) in [5.74, 6) is 0.716. The summed E-state index contributed by atoms with van der Waals surface area (Å²) in [6, 6.07) is 8.84. The van der Waals surface area contributed by atoms with Crippen molar-refractivity contribution in [1.29, 1.82) is 0 Å². The van der Waals surface area contributed by atoms with E-state index >= 15 is 0 Å². The van der Waals surface area contributed by atoms with E-state index < -0.39 is 0 Å². The average molecular weight is 287 g/mol. The molecule has 0 spiro atoms. The molecule has 114 valence electrons. The van der Waals surface area contributed by atoms with Gasteiger partial charge in [-0.1, -0.05) is 17.7 Å². The van der Waals surface area contributed by atoms with Crippen molar-refractivity contribution in [3.63, 3.8) is 0 Å². The van der Waals surface area contributed by atoms with Crippen LogP contribution in [0.2, 0.25) is 0 Å². The highest BCUT2D eigenvalue weighted by Crippen LogP contribution is 2.17. The third kappa shape index (κ3) is 3.47. The molecule has 0 atom stereocenters. The first-order valence-electron chi connectivity index (χ1n) is 7.81. The van der Waals surface area contributed by atoms with Gasteiger partial charge in [-0.25, -0.2) is 0 Å². The minimum Gasteiger partial charge on any atom is -0.370 e. The minimum atomic E-state index is 0.716. The predicted molar refractivity (Wildman–Crippen MR) is 87.9 cm³/mol. The van der Waals surface area contributed by atoms with E-state index in [9.17, 15) is 0 Å². The molecule has 21 heavy (non-hydrogen) atoms. The SMILES string of the molecule is Cc1ccc(N2CCN(CCN3CCN=C3N)CC2)cc1. The summed E-state index contributed by atoms with van der Waals surface area (Å²) in [4.78, 5) is 11.4. The summed E-state index contributed by atoms with van der Waals surface area (Å²) in [5.41, 5.74) is 8.52. The summed E-state index contributed by atoms with van der Waals surface area (Å²) in [6.45, 7) is 10.5. The quantitative estimate of drug-likeness (QED) is 0.888. The van der Waals surface area contributed by atoms with Crippen molar-refractivity contribution in [2.45, 2.75) is 6.92 Å². The Hall–Kier alpha value is -1.75. The van der Waals surface area contributed by atoms with Gasteiger partial charge in [0.1, 0.15) is 0 Å². The third-order valence-electron chi connectivity index (χ3n) is 4.43. The first-order valence-corrected chi connectivity index (χ1v) is 7.81. The first-order chi connectivity index (χ1) is 10.2. The molecule has 1 aromatic carbocycles. The Morgan fingerprint density at radius 1 is 1.00 bits per heavy atom. The molecule has 0 unspecified atom stereocenters. The zero-order chi connectivity index (χ0) is 14.7. The molecule has 0 amide bonds. The van der Waals surface area contributed by atoms with Gasteiger partial charge < -0.3 is 15.5 Å². The van der Waals surface area contributed by atoms with Gasteiger partial charge in [0, 0.05) is 51.5 Å². The molecule has 0 bridgehead atoms. The molecule has 2 aliphatic rings. The fourth-order valence-electron chi connectivity index (χ4n) is 2.97. The highest BCUT2D eigenvalue weighted by Gasteiger charge is 2.19. The molecule has 1 saturated heterocycles. The van der Waals surface area contributed by atoms with E-state index in [1.54, 1.807) is 0 Å². The lowest BCUT2D eigenvalue weighted by Crippen LogP contribution is -2.49. The summed E-state index contributed by atoms with van der Waals surface area (Å²) in [6.07, 6.45) is 0. The number of nitrogens with zero attached hydrogens (tertiary/aromatic N) is 4. The van der Waals surface area contributed by atoms with Crippen LogP contribution in [0, 0.1) is 6.92 Å².